The second kappa shape index (κ2) is 5.79. The first kappa shape index (κ1) is 14.0. The molecule has 3 nitrogen and oxygen atoms in total. The number of hydrogen-bond acceptors (Lipinski definition) is 4. The monoisotopic (exact) mass is 315 g/mol. The maximum Gasteiger partial charge on any atom is 0.251 e. The minimum absolute atomic E-state index is 0.191. The second-order valence-electron chi connectivity index (χ2n) is 4.48. The topological polar surface area (TPSA) is 42.1 Å². The van der Waals surface area contributed by atoms with Gasteiger partial charge in [-0.3, -0.25) is 4.79 Å². The number of H-pyrrole nitrogens is 1. The number of benzene rings is 2. The van der Waals surface area contributed by atoms with Gasteiger partial charge in [0.25, 0.3) is 5.56 Å². The lowest BCUT2D eigenvalue weighted by atomic mass is 10.0. The summed E-state index contributed by atoms with van der Waals surface area (Å²) in [6.45, 7) is 2.51. The van der Waals surface area contributed by atoms with E-state index in [-0.39, 0.29) is 5.56 Å². The number of ether oxygens (including phenoxy) is 1. The van der Waals surface area contributed by atoms with E-state index in [0.29, 0.717) is 10.6 Å². The van der Waals surface area contributed by atoms with Crippen molar-refractivity contribution in [2.45, 2.75) is 6.92 Å². The highest BCUT2D eigenvalue weighted by molar-refractivity contribution is 7.73. The van der Waals surface area contributed by atoms with Crippen molar-refractivity contribution in [3.8, 4) is 16.2 Å². The van der Waals surface area contributed by atoms with E-state index in [0.717, 1.165) is 27.0 Å². The Morgan fingerprint density at radius 2 is 2.05 bits per heavy atom. The third kappa shape index (κ3) is 2.75. The smallest absolute Gasteiger partial charge is 0.251 e. The van der Waals surface area contributed by atoms with Crippen LogP contribution in [0.5, 0.6) is 5.75 Å². The average Bonchev–Trinajstić information content (AvgIpc) is 2.46. The largest absolute Gasteiger partial charge is 0.493 e. The van der Waals surface area contributed by atoms with Crippen molar-refractivity contribution < 1.29 is 4.74 Å². The number of nitrogens with one attached hydrogen (secondary N) is 1. The molecule has 0 bridgehead atoms. The molecule has 0 fully saturated rings. The summed E-state index contributed by atoms with van der Waals surface area (Å²) in [6.07, 6.45) is 0. The van der Waals surface area contributed by atoms with Crippen LogP contribution in [0.15, 0.2) is 47.3 Å². The van der Waals surface area contributed by atoms with Crippen LogP contribution in [0.25, 0.3) is 21.2 Å². The van der Waals surface area contributed by atoms with Crippen LogP contribution in [0.2, 0.25) is 0 Å². The van der Waals surface area contributed by atoms with Gasteiger partial charge in [0.2, 0.25) is 0 Å². The van der Waals surface area contributed by atoms with E-state index < -0.39 is 0 Å². The molecule has 1 heterocycles. The minimum Gasteiger partial charge on any atom is -0.493 e. The zero-order valence-corrected chi connectivity index (χ0v) is 13.0. The summed E-state index contributed by atoms with van der Waals surface area (Å²) in [7, 11) is 0. The van der Waals surface area contributed by atoms with Gasteiger partial charge in [-0.1, -0.05) is 30.3 Å². The van der Waals surface area contributed by atoms with Crippen molar-refractivity contribution in [1.82, 2.24) is 4.98 Å². The average molecular weight is 315 g/mol. The molecule has 21 heavy (non-hydrogen) atoms. The van der Waals surface area contributed by atoms with Crippen LogP contribution in [0.4, 0.5) is 0 Å². The fourth-order valence-corrected chi connectivity index (χ4v) is 3.52. The van der Waals surface area contributed by atoms with Crippen LogP contribution in [-0.2, 0) is 0 Å². The van der Waals surface area contributed by atoms with E-state index in [2.05, 4.69) is 4.98 Å². The highest BCUT2D eigenvalue weighted by Gasteiger charge is 2.12. The molecule has 0 aliphatic carbocycles. The molecule has 0 unspecified atom stereocenters. The zero-order valence-electron chi connectivity index (χ0n) is 11.4. The van der Waals surface area contributed by atoms with E-state index in [1.165, 1.54) is 11.3 Å². The molecule has 0 saturated carbocycles. The molecule has 3 rings (SSSR count). The Kier molecular flexibility index (Phi) is 3.86. The SMILES string of the molecule is CCOc1ccc2ccccc2c1-c1cc(=O)[nH]c(=S)s1. The van der Waals surface area contributed by atoms with Gasteiger partial charge in [0.15, 0.2) is 3.95 Å². The van der Waals surface area contributed by atoms with E-state index >= 15 is 0 Å². The molecule has 0 aliphatic rings. The third-order valence-corrected chi connectivity index (χ3v) is 4.31. The number of rotatable bonds is 3. The summed E-state index contributed by atoms with van der Waals surface area (Å²) < 4.78 is 6.21. The molecule has 0 radical (unpaired) electrons. The molecule has 0 atom stereocenters. The summed E-state index contributed by atoms with van der Waals surface area (Å²) in [5.41, 5.74) is 0.737. The summed E-state index contributed by atoms with van der Waals surface area (Å²) in [5, 5.41) is 2.16. The number of aromatic amines is 1. The van der Waals surface area contributed by atoms with Gasteiger partial charge in [0, 0.05) is 16.5 Å². The molecule has 2 aromatic carbocycles. The molecule has 0 aliphatic heterocycles. The maximum atomic E-state index is 11.7. The van der Waals surface area contributed by atoms with Crippen molar-refractivity contribution in [1.29, 1.82) is 0 Å². The first-order valence-electron chi connectivity index (χ1n) is 6.58. The molecular weight excluding hydrogens is 302 g/mol. The normalized spacial score (nSPS) is 10.7. The lowest BCUT2D eigenvalue weighted by molar-refractivity contribution is 0.342. The van der Waals surface area contributed by atoms with Crippen molar-refractivity contribution in [3.05, 3.63) is 56.8 Å². The molecular formula is C16H13NO2S2. The second-order valence-corrected chi connectivity index (χ2v) is 6.20. The maximum absolute atomic E-state index is 11.7. The van der Waals surface area contributed by atoms with Crippen molar-refractivity contribution in [3.63, 3.8) is 0 Å². The third-order valence-electron chi connectivity index (χ3n) is 3.13. The Bertz CT molecular complexity index is 884. The quantitative estimate of drug-likeness (QED) is 0.729. The van der Waals surface area contributed by atoms with Crippen molar-refractivity contribution in [2.75, 3.05) is 6.61 Å². The summed E-state index contributed by atoms with van der Waals surface area (Å²) in [4.78, 5) is 15.2. The molecule has 0 amide bonds. The molecule has 1 N–H and O–H groups in total. The van der Waals surface area contributed by atoms with Crippen LogP contribution in [-0.4, -0.2) is 11.6 Å². The van der Waals surface area contributed by atoms with Crippen LogP contribution in [0.3, 0.4) is 0 Å². The van der Waals surface area contributed by atoms with Gasteiger partial charge in [-0.15, -0.1) is 11.3 Å². The zero-order chi connectivity index (χ0) is 14.8. The van der Waals surface area contributed by atoms with E-state index in [1.807, 2.05) is 43.3 Å². The van der Waals surface area contributed by atoms with Crippen LogP contribution >= 0.6 is 23.6 Å². The van der Waals surface area contributed by atoms with Crippen LogP contribution in [0.1, 0.15) is 6.92 Å². The van der Waals surface area contributed by atoms with Gasteiger partial charge in [-0.25, -0.2) is 0 Å². The fraction of sp³-hybridized carbons (Fsp3) is 0.125. The Balaban J connectivity index is 2.39. The Morgan fingerprint density at radius 1 is 1.24 bits per heavy atom. The lowest BCUT2D eigenvalue weighted by Gasteiger charge is -2.13. The minimum atomic E-state index is -0.191. The number of hydrogen-bond donors (Lipinski definition) is 1. The Labute approximate surface area is 130 Å². The van der Waals surface area contributed by atoms with Crippen LogP contribution in [0, 0.1) is 3.95 Å². The Morgan fingerprint density at radius 3 is 2.81 bits per heavy atom. The predicted octanol–water partition coefficient (Wildman–Crippen LogP) is 4.38. The van der Waals surface area contributed by atoms with Crippen LogP contribution < -0.4 is 10.3 Å². The van der Waals surface area contributed by atoms with Gasteiger partial charge in [-0.05, 0) is 36.0 Å². The van der Waals surface area contributed by atoms with Gasteiger partial charge in [0.05, 0.1) is 6.61 Å². The van der Waals surface area contributed by atoms with Gasteiger partial charge >= 0.3 is 0 Å². The molecule has 0 saturated heterocycles. The molecule has 106 valence electrons. The molecule has 5 heteroatoms. The fourth-order valence-electron chi connectivity index (χ4n) is 2.32. The lowest BCUT2D eigenvalue weighted by Crippen LogP contribution is -2.03. The van der Waals surface area contributed by atoms with Crippen molar-refractivity contribution >= 4 is 34.3 Å². The summed E-state index contributed by atoms with van der Waals surface area (Å²) >= 11 is 6.52. The standard InChI is InChI=1S/C16H13NO2S2/c1-2-19-12-8-7-10-5-3-4-6-11(10)15(12)13-9-14(18)17-16(20)21-13/h3-9H,2H2,1H3,(H,17,18,20). The van der Waals surface area contributed by atoms with Crippen molar-refractivity contribution in [2.24, 2.45) is 0 Å². The number of fused-ring (bicyclic) bond motifs is 1. The van der Waals surface area contributed by atoms with Gasteiger partial charge < -0.3 is 9.72 Å². The molecule has 3 aromatic rings. The van der Waals surface area contributed by atoms with E-state index in [1.54, 1.807) is 6.07 Å². The van der Waals surface area contributed by atoms with E-state index in [4.69, 9.17) is 17.0 Å². The first-order chi connectivity index (χ1) is 10.2. The summed E-state index contributed by atoms with van der Waals surface area (Å²) in [5.74, 6) is 0.771. The van der Waals surface area contributed by atoms with Gasteiger partial charge in [-0.2, -0.15) is 0 Å². The predicted molar refractivity (Wildman–Crippen MR) is 89.9 cm³/mol. The molecule has 1 aromatic heterocycles. The van der Waals surface area contributed by atoms with E-state index in [9.17, 15) is 4.79 Å². The highest BCUT2D eigenvalue weighted by atomic mass is 32.1. The Hall–Kier alpha value is -1.98. The summed E-state index contributed by atoms with van der Waals surface area (Å²) in [6, 6.07) is 13.6. The number of aromatic nitrogens is 1. The first-order valence-corrected chi connectivity index (χ1v) is 7.81. The molecule has 0 spiro atoms. The highest BCUT2D eigenvalue weighted by Crippen LogP contribution is 2.38. The van der Waals surface area contributed by atoms with Gasteiger partial charge in [0.1, 0.15) is 5.75 Å².